The zero-order chi connectivity index (χ0) is 7.84. The van der Waals surface area contributed by atoms with E-state index in [1.54, 1.807) is 0 Å². The van der Waals surface area contributed by atoms with Gasteiger partial charge in [-0.3, -0.25) is 4.90 Å². The molecule has 2 heteroatoms. The van der Waals surface area contributed by atoms with E-state index < -0.39 is 0 Å². The van der Waals surface area contributed by atoms with Gasteiger partial charge in [0.15, 0.2) is 0 Å². The number of aliphatic hydroxyl groups is 1. The smallest absolute Gasteiger partial charge is 0.0682 e. The second kappa shape index (κ2) is 2.61. The van der Waals surface area contributed by atoms with Crippen molar-refractivity contribution in [1.29, 1.82) is 0 Å². The monoisotopic (exact) mass is 153 g/mol. The molecule has 2 aliphatic rings. The van der Waals surface area contributed by atoms with Crippen molar-refractivity contribution >= 4 is 0 Å². The maximum Gasteiger partial charge on any atom is 0.0682 e. The Kier molecular flexibility index (Phi) is 1.74. The van der Waals surface area contributed by atoms with E-state index in [2.05, 4.69) is 17.9 Å². The lowest BCUT2D eigenvalue weighted by atomic mass is 10.0. The molecule has 62 valence electrons. The average molecular weight is 153 g/mol. The molecule has 0 spiro atoms. The van der Waals surface area contributed by atoms with E-state index in [0.717, 1.165) is 25.9 Å². The summed E-state index contributed by atoms with van der Waals surface area (Å²) in [5.74, 6) is 0. The maximum atomic E-state index is 9.38. The first kappa shape index (κ1) is 7.32. The molecule has 0 bridgehead atoms. The van der Waals surface area contributed by atoms with Crippen molar-refractivity contribution in [3.05, 3.63) is 11.6 Å². The van der Waals surface area contributed by atoms with Gasteiger partial charge in [-0.2, -0.15) is 0 Å². The number of nitrogens with zero attached hydrogens (tertiary/aromatic N) is 1. The van der Waals surface area contributed by atoms with E-state index >= 15 is 0 Å². The first-order valence-corrected chi connectivity index (χ1v) is 4.33. The zero-order valence-corrected chi connectivity index (χ0v) is 6.95. The molecule has 0 amide bonds. The van der Waals surface area contributed by atoms with Gasteiger partial charge < -0.3 is 5.11 Å². The maximum absolute atomic E-state index is 9.38. The molecule has 2 unspecified atom stereocenters. The first-order valence-electron chi connectivity index (χ1n) is 4.33. The van der Waals surface area contributed by atoms with Crippen molar-refractivity contribution in [2.75, 3.05) is 13.1 Å². The Labute approximate surface area is 67.5 Å². The number of fused-ring (bicyclic) bond motifs is 1. The van der Waals surface area contributed by atoms with Gasteiger partial charge >= 0.3 is 0 Å². The van der Waals surface area contributed by atoms with E-state index in [-0.39, 0.29) is 6.10 Å². The predicted octanol–water partition coefficient (Wildman–Crippen LogP) is 0.772. The molecule has 0 aromatic carbocycles. The van der Waals surface area contributed by atoms with E-state index in [1.807, 2.05) is 0 Å². The Morgan fingerprint density at radius 3 is 3.27 bits per heavy atom. The minimum atomic E-state index is -0.0701. The van der Waals surface area contributed by atoms with Crippen molar-refractivity contribution in [3.8, 4) is 0 Å². The minimum Gasteiger partial charge on any atom is -0.392 e. The molecule has 2 aliphatic heterocycles. The Balaban J connectivity index is 2.06. The molecular formula is C9H15NO. The van der Waals surface area contributed by atoms with Crippen LogP contribution in [0.15, 0.2) is 11.6 Å². The fourth-order valence-corrected chi connectivity index (χ4v) is 2.12. The molecule has 0 radical (unpaired) electrons. The third-order valence-electron chi connectivity index (χ3n) is 2.74. The molecule has 0 saturated carbocycles. The van der Waals surface area contributed by atoms with Gasteiger partial charge in [-0.25, -0.2) is 0 Å². The normalized spacial score (nSPS) is 38.5. The molecule has 11 heavy (non-hydrogen) atoms. The predicted molar refractivity (Wildman–Crippen MR) is 44.4 cm³/mol. The Hall–Kier alpha value is -0.340. The summed E-state index contributed by atoms with van der Waals surface area (Å²) in [4.78, 5) is 2.37. The molecule has 1 saturated heterocycles. The van der Waals surface area contributed by atoms with Crippen LogP contribution < -0.4 is 0 Å². The van der Waals surface area contributed by atoms with E-state index in [4.69, 9.17) is 0 Å². The summed E-state index contributed by atoms with van der Waals surface area (Å²) in [5.41, 5.74) is 1.49. The first-order chi connectivity index (χ1) is 5.25. The number of hydrogen-bond donors (Lipinski definition) is 1. The second-order valence-corrected chi connectivity index (χ2v) is 3.75. The Morgan fingerprint density at radius 2 is 2.45 bits per heavy atom. The largest absolute Gasteiger partial charge is 0.392 e. The van der Waals surface area contributed by atoms with Gasteiger partial charge in [-0.1, -0.05) is 11.6 Å². The number of rotatable bonds is 0. The minimum absolute atomic E-state index is 0.0701. The molecule has 0 aromatic rings. The summed E-state index contributed by atoms with van der Waals surface area (Å²) in [6.45, 7) is 4.12. The van der Waals surface area contributed by atoms with Gasteiger partial charge in [0, 0.05) is 19.1 Å². The van der Waals surface area contributed by atoms with Crippen molar-refractivity contribution in [3.63, 3.8) is 0 Å². The molecule has 2 nitrogen and oxygen atoms in total. The third kappa shape index (κ3) is 1.33. The second-order valence-electron chi connectivity index (χ2n) is 3.75. The average Bonchev–Trinajstić information content (AvgIpc) is 2.27. The van der Waals surface area contributed by atoms with Crippen molar-refractivity contribution in [2.24, 2.45) is 0 Å². The van der Waals surface area contributed by atoms with Crippen LogP contribution in [0.1, 0.15) is 19.8 Å². The lowest BCUT2D eigenvalue weighted by Gasteiger charge is -2.27. The van der Waals surface area contributed by atoms with Crippen LogP contribution in [0.5, 0.6) is 0 Å². The fraction of sp³-hybridized carbons (Fsp3) is 0.778. The van der Waals surface area contributed by atoms with Crippen molar-refractivity contribution in [2.45, 2.75) is 31.9 Å². The molecular weight excluding hydrogens is 138 g/mol. The molecule has 1 fully saturated rings. The van der Waals surface area contributed by atoms with Gasteiger partial charge in [0.1, 0.15) is 0 Å². The fourth-order valence-electron chi connectivity index (χ4n) is 2.12. The summed E-state index contributed by atoms with van der Waals surface area (Å²) < 4.78 is 0. The van der Waals surface area contributed by atoms with E-state index in [1.165, 1.54) is 5.57 Å². The molecule has 2 heterocycles. The SMILES string of the molecule is CC1=CCN2CC(O)CC2C1. The van der Waals surface area contributed by atoms with Crippen LogP contribution in [-0.2, 0) is 0 Å². The van der Waals surface area contributed by atoms with Crippen LogP contribution in [0.4, 0.5) is 0 Å². The summed E-state index contributed by atoms with van der Waals surface area (Å²) in [6, 6.07) is 0.634. The van der Waals surface area contributed by atoms with Gasteiger partial charge in [-0.05, 0) is 19.8 Å². The summed E-state index contributed by atoms with van der Waals surface area (Å²) >= 11 is 0. The van der Waals surface area contributed by atoms with Crippen LogP contribution in [0.2, 0.25) is 0 Å². The Morgan fingerprint density at radius 1 is 1.64 bits per heavy atom. The third-order valence-corrected chi connectivity index (χ3v) is 2.74. The quantitative estimate of drug-likeness (QED) is 0.520. The number of hydrogen-bond acceptors (Lipinski definition) is 2. The lowest BCUT2D eigenvalue weighted by molar-refractivity contribution is 0.178. The summed E-state index contributed by atoms with van der Waals surface area (Å²) in [6.07, 6.45) is 4.34. The molecule has 1 N–H and O–H groups in total. The van der Waals surface area contributed by atoms with Gasteiger partial charge in [0.05, 0.1) is 6.10 Å². The highest BCUT2D eigenvalue weighted by atomic mass is 16.3. The van der Waals surface area contributed by atoms with Gasteiger partial charge in [-0.15, -0.1) is 0 Å². The summed E-state index contributed by atoms with van der Waals surface area (Å²) in [5, 5.41) is 9.38. The highest BCUT2D eigenvalue weighted by Crippen LogP contribution is 2.26. The van der Waals surface area contributed by atoms with Crippen LogP contribution in [0.25, 0.3) is 0 Å². The summed E-state index contributed by atoms with van der Waals surface area (Å²) in [7, 11) is 0. The van der Waals surface area contributed by atoms with Crippen LogP contribution in [0, 0.1) is 0 Å². The molecule has 2 atom stereocenters. The molecule has 2 rings (SSSR count). The van der Waals surface area contributed by atoms with Gasteiger partial charge in [0.2, 0.25) is 0 Å². The number of aliphatic hydroxyl groups excluding tert-OH is 1. The molecule has 0 aromatic heterocycles. The topological polar surface area (TPSA) is 23.5 Å². The highest BCUT2D eigenvalue weighted by molar-refractivity contribution is 5.09. The lowest BCUT2D eigenvalue weighted by Crippen LogP contribution is -2.33. The van der Waals surface area contributed by atoms with Crippen LogP contribution in [-0.4, -0.2) is 35.2 Å². The molecule has 0 aliphatic carbocycles. The van der Waals surface area contributed by atoms with Gasteiger partial charge in [0.25, 0.3) is 0 Å². The van der Waals surface area contributed by atoms with E-state index in [0.29, 0.717) is 6.04 Å². The van der Waals surface area contributed by atoms with E-state index in [9.17, 15) is 5.11 Å². The Bertz CT molecular complexity index is 188. The highest BCUT2D eigenvalue weighted by Gasteiger charge is 2.31. The standard InChI is InChI=1S/C9H15NO/c1-7-2-3-10-6-9(11)5-8(10)4-7/h2,8-9,11H,3-6H2,1H3. The zero-order valence-electron chi connectivity index (χ0n) is 6.95. The van der Waals surface area contributed by atoms with Crippen LogP contribution >= 0.6 is 0 Å². The van der Waals surface area contributed by atoms with Crippen LogP contribution in [0.3, 0.4) is 0 Å². The van der Waals surface area contributed by atoms with Crippen molar-refractivity contribution < 1.29 is 5.11 Å². The van der Waals surface area contributed by atoms with Crippen molar-refractivity contribution in [1.82, 2.24) is 4.90 Å².